The zero-order chi connectivity index (χ0) is 15.6. The van der Waals surface area contributed by atoms with E-state index in [4.69, 9.17) is 4.74 Å². The fraction of sp³-hybridized carbons (Fsp3) is 0.500. The number of carbonyl (C=O) groups excluding carboxylic acids is 2. The number of anilines is 1. The quantitative estimate of drug-likeness (QED) is 0.923. The molecule has 2 amide bonds. The highest BCUT2D eigenvalue weighted by Gasteiger charge is 2.34. The van der Waals surface area contributed by atoms with Crippen LogP contribution in [0.15, 0.2) is 18.2 Å². The van der Waals surface area contributed by atoms with Gasteiger partial charge in [-0.15, -0.1) is 0 Å². The maximum Gasteiger partial charge on any atom is 0.268 e. The smallest absolute Gasteiger partial charge is 0.268 e. The first kappa shape index (κ1) is 15.4. The zero-order valence-electron chi connectivity index (χ0n) is 13.0. The molecule has 1 aromatic rings. The number of aryl methyl sites for hydroxylation is 1. The number of hydrogen-bond acceptors (Lipinski definition) is 3. The Kier molecular flexibility index (Phi) is 4.50. The van der Waals surface area contributed by atoms with Gasteiger partial charge in [0.1, 0.15) is 12.3 Å². The summed E-state index contributed by atoms with van der Waals surface area (Å²) in [7, 11) is 0. The van der Waals surface area contributed by atoms with Gasteiger partial charge >= 0.3 is 0 Å². The van der Waals surface area contributed by atoms with Crippen LogP contribution in [0.2, 0.25) is 0 Å². The molecular weight excluding hydrogens is 268 g/mol. The number of rotatable bonds is 4. The molecule has 1 aromatic carbocycles. The number of amides is 2. The van der Waals surface area contributed by atoms with Crippen LogP contribution in [0, 0.1) is 6.92 Å². The average Bonchev–Trinajstić information content (AvgIpc) is 2.41. The summed E-state index contributed by atoms with van der Waals surface area (Å²) in [5.41, 5.74) is 1.69. The Balaban J connectivity index is 2.31. The zero-order valence-corrected chi connectivity index (χ0v) is 13.0. The minimum absolute atomic E-state index is 0.0212. The Hall–Kier alpha value is -2.04. The van der Waals surface area contributed by atoms with Crippen LogP contribution in [-0.2, 0) is 9.59 Å². The van der Waals surface area contributed by atoms with Crippen molar-refractivity contribution in [3.8, 4) is 5.75 Å². The first-order valence-corrected chi connectivity index (χ1v) is 7.30. The van der Waals surface area contributed by atoms with E-state index in [2.05, 4.69) is 5.32 Å². The predicted octanol–water partition coefficient (Wildman–Crippen LogP) is 2.02. The van der Waals surface area contributed by atoms with E-state index < -0.39 is 6.10 Å². The molecule has 0 spiro atoms. The van der Waals surface area contributed by atoms with Gasteiger partial charge in [-0.3, -0.25) is 14.5 Å². The molecule has 2 rings (SSSR count). The Morgan fingerprint density at radius 2 is 2.14 bits per heavy atom. The summed E-state index contributed by atoms with van der Waals surface area (Å²) < 4.78 is 5.72. The SMILES string of the molecule is CC[C@H]1Oc2ccc(C)cc2N(CC(=O)NC(C)C)C1=O. The van der Waals surface area contributed by atoms with E-state index in [-0.39, 0.29) is 24.4 Å². The van der Waals surface area contributed by atoms with Gasteiger partial charge in [0.25, 0.3) is 5.91 Å². The standard InChI is InChI=1S/C16H22N2O3/c1-5-13-16(20)18(9-15(19)17-10(2)3)12-8-11(4)6-7-14(12)21-13/h6-8,10,13H,5,9H2,1-4H3,(H,17,19)/t13-/m1/s1. The van der Waals surface area contributed by atoms with Gasteiger partial charge in [0, 0.05) is 6.04 Å². The lowest BCUT2D eigenvalue weighted by atomic mass is 10.1. The van der Waals surface area contributed by atoms with Crippen molar-refractivity contribution in [3.05, 3.63) is 23.8 Å². The fourth-order valence-electron chi connectivity index (χ4n) is 2.37. The monoisotopic (exact) mass is 290 g/mol. The van der Waals surface area contributed by atoms with E-state index in [9.17, 15) is 9.59 Å². The van der Waals surface area contributed by atoms with Crippen molar-refractivity contribution in [2.45, 2.75) is 46.3 Å². The van der Waals surface area contributed by atoms with Crippen molar-refractivity contribution >= 4 is 17.5 Å². The highest BCUT2D eigenvalue weighted by Crippen LogP contribution is 2.35. The molecule has 1 N–H and O–H groups in total. The first-order valence-electron chi connectivity index (χ1n) is 7.30. The van der Waals surface area contributed by atoms with Crippen LogP contribution in [0.5, 0.6) is 5.75 Å². The molecule has 0 fully saturated rings. The summed E-state index contributed by atoms with van der Waals surface area (Å²) in [5, 5.41) is 2.82. The third-order valence-electron chi connectivity index (χ3n) is 3.34. The lowest BCUT2D eigenvalue weighted by Crippen LogP contribution is -2.50. The van der Waals surface area contributed by atoms with E-state index in [0.717, 1.165) is 5.56 Å². The summed E-state index contributed by atoms with van der Waals surface area (Å²) in [6.07, 6.45) is 0.0566. The third kappa shape index (κ3) is 3.35. The molecule has 5 nitrogen and oxygen atoms in total. The molecular formula is C16H22N2O3. The minimum atomic E-state index is -0.521. The molecule has 0 aromatic heterocycles. The topological polar surface area (TPSA) is 58.6 Å². The normalized spacial score (nSPS) is 17.5. The predicted molar refractivity (Wildman–Crippen MR) is 81.5 cm³/mol. The maximum absolute atomic E-state index is 12.5. The Morgan fingerprint density at radius 3 is 2.76 bits per heavy atom. The minimum Gasteiger partial charge on any atom is -0.478 e. The molecule has 0 saturated heterocycles. The van der Waals surface area contributed by atoms with Crippen molar-refractivity contribution in [3.63, 3.8) is 0 Å². The second-order valence-corrected chi connectivity index (χ2v) is 5.63. The van der Waals surface area contributed by atoms with Gasteiger partial charge in [0.05, 0.1) is 5.69 Å². The number of carbonyl (C=O) groups is 2. The molecule has 1 heterocycles. The summed E-state index contributed by atoms with van der Waals surface area (Å²) in [6.45, 7) is 7.66. The van der Waals surface area contributed by atoms with Gasteiger partial charge in [-0.05, 0) is 44.9 Å². The summed E-state index contributed by atoms with van der Waals surface area (Å²) in [5.74, 6) is 0.335. The van der Waals surface area contributed by atoms with Gasteiger partial charge in [-0.2, -0.15) is 0 Å². The molecule has 1 atom stereocenters. The second kappa shape index (κ2) is 6.16. The van der Waals surface area contributed by atoms with Crippen LogP contribution in [-0.4, -0.2) is 30.5 Å². The van der Waals surface area contributed by atoms with Crippen molar-refractivity contribution < 1.29 is 14.3 Å². The number of fused-ring (bicyclic) bond motifs is 1. The molecule has 0 radical (unpaired) electrons. The molecule has 114 valence electrons. The summed E-state index contributed by atoms with van der Waals surface area (Å²) in [6, 6.07) is 5.72. The second-order valence-electron chi connectivity index (χ2n) is 5.63. The number of benzene rings is 1. The van der Waals surface area contributed by atoms with Gasteiger partial charge in [-0.25, -0.2) is 0 Å². The van der Waals surface area contributed by atoms with E-state index in [1.807, 2.05) is 45.9 Å². The fourth-order valence-corrected chi connectivity index (χ4v) is 2.37. The van der Waals surface area contributed by atoms with Crippen molar-refractivity contribution in [2.75, 3.05) is 11.4 Å². The lowest BCUT2D eigenvalue weighted by Gasteiger charge is -2.34. The first-order chi connectivity index (χ1) is 9.92. The van der Waals surface area contributed by atoms with Crippen molar-refractivity contribution in [1.29, 1.82) is 0 Å². The van der Waals surface area contributed by atoms with Crippen LogP contribution in [0.3, 0.4) is 0 Å². The van der Waals surface area contributed by atoms with Crippen molar-refractivity contribution in [2.24, 2.45) is 0 Å². The molecule has 1 aliphatic heterocycles. The molecule has 1 aliphatic rings. The van der Waals surface area contributed by atoms with Crippen LogP contribution in [0.4, 0.5) is 5.69 Å². The Labute approximate surface area is 125 Å². The molecule has 0 unspecified atom stereocenters. The van der Waals surface area contributed by atoms with Gasteiger partial charge in [0.15, 0.2) is 6.10 Å². The summed E-state index contributed by atoms with van der Waals surface area (Å²) in [4.78, 5) is 26.0. The maximum atomic E-state index is 12.5. The number of hydrogen-bond donors (Lipinski definition) is 1. The van der Waals surface area contributed by atoms with Crippen LogP contribution in [0.1, 0.15) is 32.8 Å². The summed E-state index contributed by atoms with van der Waals surface area (Å²) >= 11 is 0. The van der Waals surface area contributed by atoms with E-state index in [1.54, 1.807) is 0 Å². The van der Waals surface area contributed by atoms with Crippen molar-refractivity contribution in [1.82, 2.24) is 5.32 Å². The lowest BCUT2D eigenvalue weighted by molar-refractivity contribution is -0.129. The molecule has 21 heavy (non-hydrogen) atoms. The van der Waals surface area contributed by atoms with Crippen LogP contribution >= 0.6 is 0 Å². The molecule has 0 bridgehead atoms. The number of nitrogens with one attached hydrogen (secondary N) is 1. The molecule has 0 aliphatic carbocycles. The van der Waals surface area contributed by atoms with Crippen LogP contribution in [0.25, 0.3) is 0 Å². The number of ether oxygens (including phenoxy) is 1. The molecule has 0 saturated carbocycles. The Morgan fingerprint density at radius 1 is 1.43 bits per heavy atom. The Bertz CT molecular complexity index is 554. The molecule has 5 heteroatoms. The average molecular weight is 290 g/mol. The van der Waals surface area contributed by atoms with Crippen LogP contribution < -0.4 is 15.0 Å². The largest absolute Gasteiger partial charge is 0.478 e. The van der Waals surface area contributed by atoms with E-state index >= 15 is 0 Å². The third-order valence-corrected chi connectivity index (χ3v) is 3.34. The highest BCUT2D eigenvalue weighted by molar-refractivity contribution is 6.03. The highest BCUT2D eigenvalue weighted by atomic mass is 16.5. The van der Waals surface area contributed by atoms with Gasteiger partial charge in [0.2, 0.25) is 5.91 Å². The van der Waals surface area contributed by atoms with Gasteiger partial charge < -0.3 is 10.1 Å². The van der Waals surface area contributed by atoms with Gasteiger partial charge in [-0.1, -0.05) is 13.0 Å². The van der Waals surface area contributed by atoms with E-state index in [1.165, 1.54) is 4.90 Å². The number of nitrogens with zero attached hydrogens (tertiary/aromatic N) is 1. The van der Waals surface area contributed by atoms with E-state index in [0.29, 0.717) is 17.9 Å².